The molecule has 124 valence electrons. The monoisotopic (exact) mass is 296 g/mol. The Kier molecular flexibility index (Phi) is 6.10. The van der Waals surface area contributed by atoms with Gasteiger partial charge in [0.25, 0.3) is 0 Å². The normalized spacial score (nSPS) is 32.6. The van der Waals surface area contributed by atoms with E-state index in [-0.39, 0.29) is 0 Å². The third-order valence-electron chi connectivity index (χ3n) is 6.49. The van der Waals surface area contributed by atoms with E-state index in [0.29, 0.717) is 23.5 Å². The Balaban J connectivity index is 2.05. The van der Waals surface area contributed by atoms with Crippen LogP contribution < -0.4 is 5.32 Å². The lowest BCUT2D eigenvalue weighted by atomic mass is 9.67. The van der Waals surface area contributed by atoms with Gasteiger partial charge in [-0.25, -0.2) is 0 Å². The van der Waals surface area contributed by atoms with Gasteiger partial charge in [0.2, 0.25) is 0 Å². The summed E-state index contributed by atoms with van der Waals surface area (Å²) in [5.41, 5.74) is 0.480. The van der Waals surface area contributed by atoms with Crippen molar-refractivity contribution in [1.29, 1.82) is 0 Å². The average Bonchev–Trinajstić information content (AvgIpc) is 2.54. The summed E-state index contributed by atoms with van der Waals surface area (Å²) in [4.78, 5) is 2.68. The second-order valence-electron chi connectivity index (χ2n) is 7.82. The van der Waals surface area contributed by atoms with E-state index < -0.39 is 0 Å². The highest BCUT2D eigenvalue weighted by molar-refractivity contribution is 4.95. The average molecular weight is 296 g/mol. The van der Waals surface area contributed by atoms with Crippen LogP contribution in [0.15, 0.2) is 0 Å². The van der Waals surface area contributed by atoms with Crippen molar-refractivity contribution in [3.63, 3.8) is 0 Å². The highest BCUT2D eigenvalue weighted by Crippen LogP contribution is 2.42. The van der Waals surface area contributed by atoms with Crippen LogP contribution >= 0.6 is 0 Å². The summed E-state index contributed by atoms with van der Waals surface area (Å²) in [6, 6.07) is 2.05. The maximum absolute atomic E-state index is 5.54. The SMILES string of the molecule is CCC(C)(C)C1CCC(NC)C(N(C)C2CCOCC2)C1. The van der Waals surface area contributed by atoms with Crippen LogP contribution in [0.25, 0.3) is 0 Å². The molecule has 0 bridgehead atoms. The standard InChI is InChI=1S/C18H36N2O/c1-6-18(2,3)14-7-8-16(19-4)17(13-14)20(5)15-9-11-21-12-10-15/h14-17,19H,6-13H2,1-5H3. The van der Waals surface area contributed by atoms with Crippen LogP contribution in [0.2, 0.25) is 0 Å². The fourth-order valence-corrected chi connectivity index (χ4v) is 4.30. The number of hydrogen-bond donors (Lipinski definition) is 1. The molecule has 21 heavy (non-hydrogen) atoms. The van der Waals surface area contributed by atoms with Gasteiger partial charge in [0.1, 0.15) is 0 Å². The van der Waals surface area contributed by atoms with Gasteiger partial charge >= 0.3 is 0 Å². The molecule has 2 rings (SSSR count). The molecule has 3 nitrogen and oxygen atoms in total. The highest BCUT2D eigenvalue weighted by Gasteiger charge is 2.39. The van der Waals surface area contributed by atoms with Crippen LogP contribution in [-0.2, 0) is 4.74 Å². The van der Waals surface area contributed by atoms with E-state index in [9.17, 15) is 0 Å². The first-order valence-corrected chi connectivity index (χ1v) is 8.96. The van der Waals surface area contributed by atoms with E-state index in [1.54, 1.807) is 0 Å². The molecule has 0 aromatic rings. The molecular weight excluding hydrogens is 260 g/mol. The van der Waals surface area contributed by atoms with Crippen molar-refractivity contribution in [1.82, 2.24) is 10.2 Å². The van der Waals surface area contributed by atoms with Gasteiger partial charge in [-0.2, -0.15) is 0 Å². The van der Waals surface area contributed by atoms with Crippen molar-refractivity contribution in [3.8, 4) is 0 Å². The quantitative estimate of drug-likeness (QED) is 0.842. The van der Waals surface area contributed by atoms with Crippen LogP contribution in [0.4, 0.5) is 0 Å². The van der Waals surface area contributed by atoms with Gasteiger partial charge < -0.3 is 10.1 Å². The summed E-state index contributed by atoms with van der Waals surface area (Å²) in [6.45, 7) is 9.15. The van der Waals surface area contributed by atoms with Crippen LogP contribution in [-0.4, -0.2) is 50.3 Å². The first kappa shape index (κ1) is 17.2. The summed E-state index contributed by atoms with van der Waals surface area (Å²) in [6.07, 6.45) is 7.74. The maximum atomic E-state index is 5.54. The van der Waals surface area contributed by atoms with Crippen molar-refractivity contribution in [2.75, 3.05) is 27.3 Å². The number of nitrogens with zero attached hydrogens (tertiary/aromatic N) is 1. The Morgan fingerprint density at radius 3 is 2.38 bits per heavy atom. The van der Waals surface area contributed by atoms with E-state index in [4.69, 9.17) is 4.74 Å². The predicted octanol–water partition coefficient (Wildman–Crippen LogP) is 3.29. The summed E-state index contributed by atoms with van der Waals surface area (Å²) in [5, 5.41) is 3.59. The number of nitrogens with one attached hydrogen (secondary N) is 1. The zero-order chi connectivity index (χ0) is 15.5. The molecule has 1 N–H and O–H groups in total. The Bertz CT molecular complexity index is 312. The Morgan fingerprint density at radius 2 is 1.81 bits per heavy atom. The Labute approximate surface area is 131 Å². The lowest BCUT2D eigenvalue weighted by Gasteiger charge is -2.48. The van der Waals surface area contributed by atoms with Crippen molar-refractivity contribution in [3.05, 3.63) is 0 Å². The Hall–Kier alpha value is -0.120. The first-order valence-electron chi connectivity index (χ1n) is 8.96. The Morgan fingerprint density at radius 1 is 1.14 bits per heavy atom. The van der Waals surface area contributed by atoms with Gasteiger partial charge in [-0.05, 0) is 57.5 Å². The molecule has 2 fully saturated rings. The van der Waals surface area contributed by atoms with Crippen LogP contribution in [0.5, 0.6) is 0 Å². The molecule has 3 heteroatoms. The van der Waals surface area contributed by atoms with E-state index in [2.05, 4.69) is 45.1 Å². The lowest BCUT2D eigenvalue weighted by Crippen LogP contribution is -2.56. The van der Waals surface area contributed by atoms with Crippen LogP contribution in [0.3, 0.4) is 0 Å². The molecule has 2 aliphatic rings. The van der Waals surface area contributed by atoms with Gasteiger partial charge in [-0.15, -0.1) is 0 Å². The topological polar surface area (TPSA) is 24.5 Å². The molecule has 1 aliphatic heterocycles. The second-order valence-corrected chi connectivity index (χ2v) is 7.82. The van der Waals surface area contributed by atoms with E-state index in [1.807, 2.05) is 0 Å². The first-order chi connectivity index (χ1) is 9.99. The minimum absolute atomic E-state index is 0.480. The van der Waals surface area contributed by atoms with Crippen LogP contribution in [0, 0.1) is 11.3 Å². The number of hydrogen-bond acceptors (Lipinski definition) is 3. The molecule has 0 aromatic heterocycles. The second kappa shape index (κ2) is 7.43. The summed E-state index contributed by atoms with van der Waals surface area (Å²) >= 11 is 0. The van der Waals surface area contributed by atoms with Crippen molar-refractivity contribution < 1.29 is 4.74 Å². The summed E-state index contributed by atoms with van der Waals surface area (Å²) < 4.78 is 5.54. The highest BCUT2D eigenvalue weighted by atomic mass is 16.5. The van der Waals surface area contributed by atoms with Gasteiger partial charge in [0, 0.05) is 31.3 Å². The smallest absolute Gasteiger partial charge is 0.0480 e. The van der Waals surface area contributed by atoms with Gasteiger partial charge in [-0.1, -0.05) is 27.2 Å². The van der Waals surface area contributed by atoms with E-state index >= 15 is 0 Å². The largest absolute Gasteiger partial charge is 0.381 e. The molecule has 1 aliphatic carbocycles. The summed E-state index contributed by atoms with van der Waals surface area (Å²) in [7, 11) is 4.49. The van der Waals surface area contributed by atoms with Gasteiger partial charge in [0.15, 0.2) is 0 Å². The predicted molar refractivity (Wildman–Crippen MR) is 89.7 cm³/mol. The maximum Gasteiger partial charge on any atom is 0.0480 e. The van der Waals surface area contributed by atoms with Crippen molar-refractivity contribution in [2.45, 2.75) is 77.4 Å². The minimum Gasteiger partial charge on any atom is -0.381 e. The van der Waals surface area contributed by atoms with E-state index in [1.165, 1.54) is 38.5 Å². The fourth-order valence-electron chi connectivity index (χ4n) is 4.30. The van der Waals surface area contributed by atoms with Crippen LogP contribution in [0.1, 0.15) is 59.3 Å². The van der Waals surface area contributed by atoms with Crippen molar-refractivity contribution in [2.24, 2.45) is 11.3 Å². The molecule has 0 amide bonds. The third-order valence-corrected chi connectivity index (χ3v) is 6.49. The molecule has 1 heterocycles. The number of ether oxygens (including phenoxy) is 1. The molecule has 0 spiro atoms. The molecule has 3 unspecified atom stereocenters. The van der Waals surface area contributed by atoms with E-state index in [0.717, 1.165) is 19.1 Å². The molecule has 3 atom stereocenters. The third kappa shape index (κ3) is 4.00. The molecular formula is C18H36N2O. The fraction of sp³-hybridized carbons (Fsp3) is 1.00. The molecule has 1 saturated carbocycles. The van der Waals surface area contributed by atoms with Gasteiger partial charge in [-0.3, -0.25) is 4.90 Å². The zero-order valence-corrected chi connectivity index (χ0v) is 14.8. The zero-order valence-electron chi connectivity index (χ0n) is 14.8. The number of rotatable bonds is 5. The van der Waals surface area contributed by atoms with Gasteiger partial charge in [0.05, 0.1) is 0 Å². The minimum atomic E-state index is 0.480. The number of likely N-dealkylation sites (N-methyl/N-ethyl adjacent to an activating group) is 2. The van der Waals surface area contributed by atoms with Crippen molar-refractivity contribution >= 4 is 0 Å². The molecule has 0 aromatic carbocycles. The molecule has 0 radical (unpaired) electrons. The lowest BCUT2D eigenvalue weighted by molar-refractivity contribution is -0.00314. The summed E-state index contributed by atoms with van der Waals surface area (Å²) in [5.74, 6) is 0.861. The molecule has 1 saturated heterocycles.